The Kier molecular flexibility index (Phi) is 16.5. The van der Waals surface area contributed by atoms with Crippen LogP contribution in [-0.2, 0) is 9.53 Å². The maximum atomic E-state index is 11.8. The number of rotatable bonds is 17. The van der Waals surface area contributed by atoms with Crippen molar-refractivity contribution in [2.75, 3.05) is 13.2 Å². The van der Waals surface area contributed by atoms with E-state index in [0.29, 0.717) is 5.57 Å². The summed E-state index contributed by atoms with van der Waals surface area (Å²) in [7, 11) is 0. The smallest absolute Gasteiger partial charge is 0.341 e. The summed E-state index contributed by atoms with van der Waals surface area (Å²) in [5.41, 5.74) is 4.10. The first-order valence-corrected chi connectivity index (χ1v) is 13.3. The van der Waals surface area contributed by atoms with Gasteiger partial charge in [-0.25, -0.2) is 4.79 Å². The van der Waals surface area contributed by atoms with Gasteiger partial charge in [-0.05, 0) is 37.1 Å². The van der Waals surface area contributed by atoms with E-state index in [1.165, 1.54) is 70.6 Å². The van der Waals surface area contributed by atoms with E-state index >= 15 is 0 Å². The highest BCUT2D eigenvalue weighted by Crippen LogP contribution is 2.26. The minimum absolute atomic E-state index is 0.302. The quantitative estimate of drug-likeness (QED) is 0.0679. The molecule has 0 atom stereocenters. The first kappa shape index (κ1) is 29.9. The number of ether oxygens (including phenoxy) is 2. The average Bonchev–Trinajstić information content (AvgIpc) is 2.79. The number of alkyl halides is 3. The van der Waals surface area contributed by atoms with Crippen molar-refractivity contribution in [2.24, 2.45) is 0 Å². The van der Waals surface area contributed by atoms with Gasteiger partial charge in [-0.1, -0.05) is 124 Å². The average molecular weight is 518 g/mol. The van der Waals surface area contributed by atoms with Crippen molar-refractivity contribution >= 4 is 46.8 Å². The Labute approximate surface area is 215 Å². The zero-order valence-corrected chi connectivity index (χ0v) is 22.4. The largest absolute Gasteiger partial charge is 0.494 e. The van der Waals surface area contributed by atoms with Gasteiger partial charge in [0.15, 0.2) is 0 Å². The van der Waals surface area contributed by atoms with Gasteiger partial charge >= 0.3 is 5.97 Å². The molecule has 1 rings (SSSR count). The SMILES string of the molecule is CCCCCCCCCCCCCCOc1ccc(C=C=C(C)C(=O)OCC(Cl)(Cl)Cl)cc1. The van der Waals surface area contributed by atoms with Gasteiger partial charge in [0.05, 0.1) is 12.2 Å². The number of halogens is 3. The normalized spacial score (nSPS) is 11.1. The third-order valence-electron chi connectivity index (χ3n) is 5.28. The second-order valence-electron chi connectivity index (χ2n) is 8.41. The summed E-state index contributed by atoms with van der Waals surface area (Å²) in [6, 6.07) is 7.68. The van der Waals surface area contributed by atoms with E-state index in [1.807, 2.05) is 24.3 Å². The van der Waals surface area contributed by atoms with E-state index in [9.17, 15) is 4.79 Å². The number of unbranched alkanes of at least 4 members (excludes halogenated alkanes) is 11. The van der Waals surface area contributed by atoms with Crippen LogP contribution >= 0.6 is 34.8 Å². The lowest BCUT2D eigenvalue weighted by molar-refractivity contribution is -0.138. The predicted octanol–water partition coefficient (Wildman–Crippen LogP) is 9.24. The van der Waals surface area contributed by atoms with Crippen LogP contribution in [-0.4, -0.2) is 23.0 Å². The molecule has 0 saturated carbocycles. The highest BCUT2D eigenvalue weighted by atomic mass is 35.6. The summed E-state index contributed by atoms with van der Waals surface area (Å²) in [6.45, 7) is 4.30. The van der Waals surface area contributed by atoms with Crippen LogP contribution in [0.4, 0.5) is 0 Å². The fourth-order valence-corrected chi connectivity index (χ4v) is 3.46. The molecule has 1 aromatic carbocycles. The van der Waals surface area contributed by atoms with Crippen molar-refractivity contribution in [2.45, 2.75) is 94.7 Å². The van der Waals surface area contributed by atoms with E-state index in [4.69, 9.17) is 44.3 Å². The van der Waals surface area contributed by atoms with Crippen LogP contribution in [0.25, 0.3) is 6.08 Å². The van der Waals surface area contributed by atoms with Gasteiger partial charge in [-0.3, -0.25) is 0 Å². The van der Waals surface area contributed by atoms with Gasteiger partial charge in [0.2, 0.25) is 3.79 Å². The second-order valence-corrected chi connectivity index (χ2v) is 10.9. The zero-order valence-electron chi connectivity index (χ0n) is 20.1. The lowest BCUT2D eigenvalue weighted by Gasteiger charge is -2.10. The van der Waals surface area contributed by atoms with E-state index in [-0.39, 0.29) is 6.61 Å². The van der Waals surface area contributed by atoms with Crippen LogP contribution in [0.5, 0.6) is 5.75 Å². The van der Waals surface area contributed by atoms with Crippen molar-refractivity contribution < 1.29 is 14.3 Å². The molecule has 1 aromatic rings. The Morgan fingerprint density at radius 1 is 0.879 bits per heavy atom. The first-order valence-electron chi connectivity index (χ1n) is 12.2. The van der Waals surface area contributed by atoms with Crippen LogP contribution < -0.4 is 4.74 Å². The lowest BCUT2D eigenvalue weighted by Crippen LogP contribution is -2.17. The van der Waals surface area contributed by atoms with Gasteiger partial charge < -0.3 is 9.47 Å². The molecule has 0 saturated heterocycles. The minimum Gasteiger partial charge on any atom is -0.494 e. The van der Waals surface area contributed by atoms with Crippen LogP contribution in [0.1, 0.15) is 96.5 Å². The molecule has 0 N–H and O–H groups in total. The summed E-state index contributed by atoms with van der Waals surface area (Å²) in [5, 5.41) is 0. The molecular formula is C27H39Cl3O3. The van der Waals surface area contributed by atoms with Gasteiger partial charge in [0.1, 0.15) is 12.4 Å². The van der Waals surface area contributed by atoms with E-state index in [2.05, 4.69) is 12.7 Å². The summed E-state index contributed by atoms with van der Waals surface area (Å²) < 4.78 is 9.12. The topological polar surface area (TPSA) is 35.5 Å². The predicted molar refractivity (Wildman–Crippen MR) is 141 cm³/mol. The van der Waals surface area contributed by atoms with Gasteiger partial charge in [-0.15, -0.1) is 5.73 Å². The molecule has 0 unspecified atom stereocenters. The Balaban J connectivity index is 2.16. The Bertz CT molecular complexity index is 717. The number of carbonyl (C=O) groups is 1. The molecule has 3 nitrogen and oxygen atoms in total. The molecule has 0 aromatic heterocycles. The van der Waals surface area contributed by atoms with Crippen molar-refractivity contribution in [1.29, 1.82) is 0 Å². The Morgan fingerprint density at radius 2 is 1.39 bits per heavy atom. The van der Waals surface area contributed by atoms with E-state index in [0.717, 1.165) is 24.3 Å². The summed E-state index contributed by atoms with van der Waals surface area (Å²) in [4.78, 5) is 11.8. The molecule has 0 bridgehead atoms. The van der Waals surface area contributed by atoms with Crippen molar-refractivity contribution in [3.8, 4) is 5.75 Å². The van der Waals surface area contributed by atoms with Crippen molar-refractivity contribution in [3.05, 3.63) is 41.1 Å². The van der Waals surface area contributed by atoms with Crippen molar-refractivity contribution in [3.63, 3.8) is 0 Å². The van der Waals surface area contributed by atoms with Crippen molar-refractivity contribution in [1.82, 2.24) is 0 Å². The van der Waals surface area contributed by atoms with E-state index < -0.39 is 9.76 Å². The Hall–Kier alpha value is -1.12. The number of hydrogen-bond acceptors (Lipinski definition) is 3. The van der Waals surface area contributed by atoms with Gasteiger partial charge in [0.25, 0.3) is 0 Å². The number of carbonyl (C=O) groups excluding carboxylic acids is 1. The molecule has 0 aliphatic heterocycles. The number of esters is 1. The molecule has 0 fully saturated rings. The fourth-order valence-electron chi connectivity index (χ4n) is 3.30. The van der Waals surface area contributed by atoms with Gasteiger partial charge in [0, 0.05) is 0 Å². The highest BCUT2D eigenvalue weighted by Gasteiger charge is 2.22. The molecule has 0 spiro atoms. The molecule has 0 amide bonds. The van der Waals surface area contributed by atoms with E-state index in [1.54, 1.807) is 13.0 Å². The van der Waals surface area contributed by atoms with Crippen LogP contribution in [0.3, 0.4) is 0 Å². The molecule has 0 aliphatic rings. The third kappa shape index (κ3) is 17.0. The fraction of sp³-hybridized carbons (Fsp3) is 0.630. The standard InChI is InChI=1S/C27H39Cl3O3/c1-3-4-5-6-7-8-9-10-11-12-13-14-21-32-25-19-17-24(18-20-25)16-15-23(2)26(31)33-22-27(28,29)30/h16-20H,3-14,21-22H2,1-2H3. The zero-order chi connectivity index (χ0) is 24.4. The summed E-state index contributed by atoms with van der Waals surface area (Å²) in [6.07, 6.45) is 17.7. The van der Waals surface area contributed by atoms with Crippen LogP contribution in [0.2, 0.25) is 0 Å². The lowest BCUT2D eigenvalue weighted by atomic mass is 10.1. The monoisotopic (exact) mass is 516 g/mol. The van der Waals surface area contributed by atoms with Crippen LogP contribution in [0.15, 0.2) is 35.6 Å². The number of benzene rings is 1. The molecular weight excluding hydrogens is 479 g/mol. The highest BCUT2D eigenvalue weighted by molar-refractivity contribution is 6.67. The molecule has 0 radical (unpaired) electrons. The summed E-state index contributed by atoms with van der Waals surface area (Å²) >= 11 is 16.7. The third-order valence-corrected chi connectivity index (χ3v) is 5.60. The maximum absolute atomic E-state index is 11.8. The Morgan fingerprint density at radius 3 is 1.91 bits per heavy atom. The summed E-state index contributed by atoms with van der Waals surface area (Å²) in [5.74, 6) is 0.276. The van der Waals surface area contributed by atoms with Crippen LogP contribution in [0, 0.1) is 0 Å². The molecule has 33 heavy (non-hydrogen) atoms. The second kappa shape index (κ2) is 18.2. The molecule has 186 valence electrons. The van der Waals surface area contributed by atoms with Gasteiger partial charge in [-0.2, -0.15) is 0 Å². The number of hydrogen-bond donors (Lipinski definition) is 0. The maximum Gasteiger partial charge on any atom is 0.341 e. The first-order chi connectivity index (χ1) is 15.8. The minimum atomic E-state index is -1.62. The molecule has 6 heteroatoms. The molecule has 0 aliphatic carbocycles. The molecule has 0 heterocycles.